The molecule has 0 N–H and O–H groups in total. The van der Waals surface area contributed by atoms with Crippen molar-refractivity contribution in [3.63, 3.8) is 0 Å². The van der Waals surface area contributed by atoms with Crippen molar-refractivity contribution in [2.24, 2.45) is 0 Å². The number of halogens is 2. The van der Waals surface area contributed by atoms with Gasteiger partial charge < -0.3 is 4.74 Å². The molecule has 1 aromatic carbocycles. The van der Waals surface area contributed by atoms with Crippen molar-refractivity contribution in [1.82, 2.24) is 9.38 Å². The molecule has 4 nitrogen and oxygen atoms in total. The first-order valence-corrected chi connectivity index (χ1v) is 6.97. The lowest BCUT2D eigenvalue weighted by Gasteiger charge is -2.07. The molecule has 0 radical (unpaired) electrons. The predicted molar refractivity (Wildman–Crippen MR) is 79.9 cm³/mol. The first-order valence-electron chi connectivity index (χ1n) is 6.18. The summed E-state index contributed by atoms with van der Waals surface area (Å²) in [4.78, 5) is 16.4. The van der Waals surface area contributed by atoms with Gasteiger partial charge in [0.1, 0.15) is 23.8 Å². The summed E-state index contributed by atoms with van der Waals surface area (Å²) in [6, 6.07) is 10.7. The third kappa shape index (κ3) is 3.11. The molecular weight excluding hydrogens is 339 g/mol. The standard InChI is InChI=1S/C15H10BrFN2O2/c16-10-1-6-14-18-12(7-15(20)19(14)8-10)9-21-13-4-2-11(17)3-5-13/h1-8H,9H2. The Hall–Kier alpha value is -2.21. The Labute approximate surface area is 128 Å². The Kier molecular flexibility index (Phi) is 3.70. The predicted octanol–water partition coefficient (Wildman–Crippen LogP) is 3.18. The molecule has 0 saturated carbocycles. The topological polar surface area (TPSA) is 43.6 Å². The molecule has 2 aromatic heterocycles. The molecule has 0 saturated heterocycles. The highest BCUT2D eigenvalue weighted by molar-refractivity contribution is 9.10. The van der Waals surface area contributed by atoms with Gasteiger partial charge in [0.25, 0.3) is 5.56 Å². The Morgan fingerprint density at radius 2 is 1.95 bits per heavy atom. The van der Waals surface area contributed by atoms with Crippen molar-refractivity contribution in [3.05, 3.63) is 75.0 Å². The molecule has 21 heavy (non-hydrogen) atoms. The van der Waals surface area contributed by atoms with Gasteiger partial charge in [0, 0.05) is 16.7 Å². The highest BCUT2D eigenvalue weighted by Crippen LogP contribution is 2.13. The van der Waals surface area contributed by atoms with E-state index in [4.69, 9.17) is 4.74 Å². The Morgan fingerprint density at radius 1 is 1.19 bits per heavy atom. The van der Waals surface area contributed by atoms with Crippen LogP contribution in [0.1, 0.15) is 5.69 Å². The molecule has 0 amide bonds. The second-order valence-corrected chi connectivity index (χ2v) is 5.32. The van der Waals surface area contributed by atoms with E-state index in [-0.39, 0.29) is 18.0 Å². The minimum Gasteiger partial charge on any atom is -0.487 e. The zero-order chi connectivity index (χ0) is 14.8. The monoisotopic (exact) mass is 348 g/mol. The molecule has 0 aliphatic heterocycles. The summed E-state index contributed by atoms with van der Waals surface area (Å²) in [7, 11) is 0. The Balaban J connectivity index is 1.86. The third-order valence-electron chi connectivity index (χ3n) is 2.88. The third-order valence-corrected chi connectivity index (χ3v) is 3.35. The number of rotatable bonds is 3. The quantitative estimate of drug-likeness (QED) is 0.730. The second kappa shape index (κ2) is 5.65. The summed E-state index contributed by atoms with van der Waals surface area (Å²) in [5, 5.41) is 0. The van der Waals surface area contributed by atoms with Crippen LogP contribution < -0.4 is 10.3 Å². The lowest BCUT2D eigenvalue weighted by atomic mass is 10.3. The number of hydrogen-bond donors (Lipinski definition) is 0. The van der Waals surface area contributed by atoms with Gasteiger partial charge in [-0.25, -0.2) is 9.37 Å². The summed E-state index contributed by atoms with van der Waals surface area (Å²) < 4.78 is 20.5. The summed E-state index contributed by atoms with van der Waals surface area (Å²) in [6.45, 7) is 0.146. The molecule has 0 atom stereocenters. The summed E-state index contributed by atoms with van der Waals surface area (Å²) in [5.74, 6) is 0.198. The molecular formula is C15H10BrFN2O2. The lowest BCUT2D eigenvalue weighted by Crippen LogP contribution is -2.16. The maximum atomic E-state index is 12.8. The minimum atomic E-state index is -0.324. The van der Waals surface area contributed by atoms with Crippen molar-refractivity contribution in [2.75, 3.05) is 0 Å². The van der Waals surface area contributed by atoms with Crippen LogP contribution in [0.5, 0.6) is 5.75 Å². The number of hydrogen-bond acceptors (Lipinski definition) is 3. The molecule has 2 heterocycles. The average molecular weight is 349 g/mol. The Morgan fingerprint density at radius 3 is 2.71 bits per heavy atom. The van der Waals surface area contributed by atoms with Crippen molar-refractivity contribution in [3.8, 4) is 5.75 Å². The van der Waals surface area contributed by atoms with Gasteiger partial charge in [0.2, 0.25) is 0 Å². The van der Waals surface area contributed by atoms with E-state index >= 15 is 0 Å². The smallest absolute Gasteiger partial charge is 0.258 e. The lowest BCUT2D eigenvalue weighted by molar-refractivity contribution is 0.301. The normalized spacial score (nSPS) is 10.8. The van der Waals surface area contributed by atoms with E-state index < -0.39 is 0 Å². The van der Waals surface area contributed by atoms with Crippen LogP contribution >= 0.6 is 15.9 Å². The number of nitrogens with zero attached hydrogens (tertiary/aromatic N) is 2. The number of ether oxygens (including phenoxy) is 1. The number of aromatic nitrogens is 2. The highest BCUT2D eigenvalue weighted by Gasteiger charge is 2.04. The fourth-order valence-corrected chi connectivity index (χ4v) is 2.23. The van der Waals surface area contributed by atoms with Gasteiger partial charge in [0.15, 0.2) is 0 Å². The highest BCUT2D eigenvalue weighted by atomic mass is 79.9. The molecule has 0 aliphatic carbocycles. The molecule has 0 fully saturated rings. The number of benzene rings is 1. The van der Waals surface area contributed by atoms with Gasteiger partial charge >= 0.3 is 0 Å². The average Bonchev–Trinajstić information content (AvgIpc) is 2.47. The van der Waals surface area contributed by atoms with Gasteiger partial charge in [-0.1, -0.05) is 0 Å². The van der Waals surface area contributed by atoms with Gasteiger partial charge in [-0.05, 0) is 52.3 Å². The molecule has 0 aliphatic rings. The van der Waals surface area contributed by atoms with Crippen LogP contribution in [0.3, 0.4) is 0 Å². The SMILES string of the molecule is O=c1cc(COc2ccc(F)cc2)nc2ccc(Br)cn12. The van der Waals surface area contributed by atoms with E-state index in [0.29, 0.717) is 17.1 Å². The molecule has 6 heteroatoms. The number of pyridine rings is 1. The molecule has 0 bridgehead atoms. The van der Waals surface area contributed by atoms with Crippen LogP contribution in [0.25, 0.3) is 5.65 Å². The fraction of sp³-hybridized carbons (Fsp3) is 0.0667. The van der Waals surface area contributed by atoms with E-state index in [2.05, 4.69) is 20.9 Å². The first-order chi connectivity index (χ1) is 10.1. The van der Waals surface area contributed by atoms with Gasteiger partial charge in [-0.3, -0.25) is 9.20 Å². The van der Waals surface area contributed by atoms with E-state index in [1.807, 2.05) is 6.07 Å². The van der Waals surface area contributed by atoms with Gasteiger partial charge in [-0.2, -0.15) is 0 Å². The second-order valence-electron chi connectivity index (χ2n) is 4.40. The van der Waals surface area contributed by atoms with E-state index in [0.717, 1.165) is 4.47 Å². The van der Waals surface area contributed by atoms with E-state index in [1.54, 1.807) is 12.3 Å². The number of fused-ring (bicyclic) bond motifs is 1. The van der Waals surface area contributed by atoms with Crippen molar-refractivity contribution >= 4 is 21.6 Å². The largest absolute Gasteiger partial charge is 0.487 e. The zero-order valence-corrected chi connectivity index (χ0v) is 12.4. The van der Waals surface area contributed by atoms with Crippen LogP contribution in [0.2, 0.25) is 0 Å². The maximum Gasteiger partial charge on any atom is 0.258 e. The van der Waals surface area contributed by atoms with Crippen LogP contribution in [0, 0.1) is 5.82 Å². The fourth-order valence-electron chi connectivity index (χ4n) is 1.89. The van der Waals surface area contributed by atoms with Crippen LogP contribution in [0.4, 0.5) is 4.39 Å². The zero-order valence-electron chi connectivity index (χ0n) is 10.8. The van der Waals surface area contributed by atoms with E-state index in [9.17, 15) is 9.18 Å². The summed E-state index contributed by atoms with van der Waals surface area (Å²) >= 11 is 3.31. The van der Waals surface area contributed by atoms with Gasteiger partial charge in [0.05, 0.1) is 5.69 Å². The molecule has 0 spiro atoms. The molecule has 3 aromatic rings. The van der Waals surface area contributed by atoms with Crippen molar-refractivity contribution in [1.29, 1.82) is 0 Å². The Bertz CT molecular complexity index is 846. The van der Waals surface area contributed by atoms with Gasteiger partial charge in [-0.15, -0.1) is 0 Å². The minimum absolute atomic E-state index is 0.146. The van der Waals surface area contributed by atoms with Crippen LogP contribution in [-0.4, -0.2) is 9.38 Å². The molecule has 3 rings (SSSR count). The molecule has 0 unspecified atom stereocenters. The maximum absolute atomic E-state index is 12.8. The molecule has 106 valence electrons. The van der Waals surface area contributed by atoms with Crippen molar-refractivity contribution < 1.29 is 9.13 Å². The van der Waals surface area contributed by atoms with E-state index in [1.165, 1.54) is 34.7 Å². The van der Waals surface area contributed by atoms with Crippen LogP contribution in [0.15, 0.2) is 57.9 Å². The summed E-state index contributed by atoms with van der Waals surface area (Å²) in [5.41, 5.74) is 0.883. The summed E-state index contributed by atoms with van der Waals surface area (Å²) in [6.07, 6.45) is 1.66. The first kappa shape index (κ1) is 13.8. The van der Waals surface area contributed by atoms with Crippen LogP contribution in [-0.2, 0) is 6.61 Å². The van der Waals surface area contributed by atoms with Crippen molar-refractivity contribution in [2.45, 2.75) is 6.61 Å².